The summed E-state index contributed by atoms with van der Waals surface area (Å²) in [7, 11) is -4.00. The largest absolute Gasteiger partial charge is 0.417 e. The minimum atomic E-state index is -4.67. The molecule has 0 fully saturated rings. The molecule has 0 bridgehead atoms. The molecule has 0 amide bonds. The maximum absolute atomic E-state index is 12.8. The average Bonchev–Trinajstić information content (AvgIpc) is 2.39. The molecule has 124 valence electrons. The van der Waals surface area contributed by atoms with Crippen LogP contribution in [0, 0.1) is 13.8 Å². The Morgan fingerprint density at radius 2 is 1.70 bits per heavy atom. The van der Waals surface area contributed by atoms with Crippen molar-refractivity contribution in [3.05, 3.63) is 58.1 Å². The number of aryl methyl sites for hydroxylation is 2. The van der Waals surface area contributed by atoms with Crippen LogP contribution in [-0.2, 0) is 16.2 Å². The molecule has 2 aromatic carbocycles. The molecule has 0 saturated heterocycles. The van der Waals surface area contributed by atoms with Gasteiger partial charge in [-0.3, -0.25) is 4.72 Å². The van der Waals surface area contributed by atoms with Crippen molar-refractivity contribution in [1.82, 2.24) is 0 Å². The van der Waals surface area contributed by atoms with Gasteiger partial charge in [0.1, 0.15) is 0 Å². The molecule has 0 aromatic heterocycles. The van der Waals surface area contributed by atoms with E-state index in [1.54, 1.807) is 19.1 Å². The summed E-state index contributed by atoms with van der Waals surface area (Å²) in [6.45, 7) is 3.43. The number of halogens is 4. The van der Waals surface area contributed by atoms with Gasteiger partial charge in [-0.25, -0.2) is 8.42 Å². The summed E-state index contributed by atoms with van der Waals surface area (Å²) in [6.07, 6.45) is -4.67. The Bertz CT molecular complexity index is 848. The molecule has 0 heterocycles. The van der Waals surface area contributed by atoms with Crippen LogP contribution in [0.15, 0.2) is 41.3 Å². The van der Waals surface area contributed by atoms with E-state index >= 15 is 0 Å². The van der Waals surface area contributed by atoms with Gasteiger partial charge in [0, 0.05) is 5.69 Å². The molecule has 1 N–H and O–H groups in total. The molecular weight excluding hydrogens is 351 g/mol. The fourth-order valence-electron chi connectivity index (χ4n) is 2.12. The number of hydrogen-bond donors (Lipinski definition) is 1. The lowest BCUT2D eigenvalue weighted by molar-refractivity contribution is -0.137. The number of alkyl halides is 3. The first kappa shape index (κ1) is 17.6. The van der Waals surface area contributed by atoms with Crippen molar-refractivity contribution < 1.29 is 21.6 Å². The summed E-state index contributed by atoms with van der Waals surface area (Å²) in [5.41, 5.74) is 0.0801. The van der Waals surface area contributed by atoms with E-state index in [0.717, 1.165) is 11.6 Å². The number of anilines is 1. The van der Waals surface area contributed by atoms with Gasteiger partial charge in [-0.05, 0) is 43.7 Å². The predicted octanol–water partition coefficient (Wildman–Crippen LogP) is 4.78. The Kier molecular flexibility index (Phi) is 4.64. The first-order valence-corrected chi connectivity index (χ1v) is 8.33. The Morgan fingerprint density at radius 1 is 1.04 bits per heavy atom. The standard InChI is InChI=1S/C15H13ClF3NO2S/c1-9-3-6-14(10(2)7-9)23(21,22)20-11-4-5-13(16)12(8-11)15(17,18)19/h3-8,20H,1-2H3. The van der Waals surface area contributed by atoms with E-state index in [1.165, 1.54) is 12.1 Å². The lowest BCUT2D eigenvalue weighted by Crippen LogP contribution is -2.15. The molecule has 0 aliphatic carbocycles. The number of sulfonamides is 1. The second-order valence-electron chi connectivity index (χ2n) is 5.07. The zero-order valence-corrected chi connectivity index (χ0v) is 13.8. The van der Waals surface area contributed by atoms with E-state index in [0.29, 0.717) is 11.6 Å². The van der Waals surface area contributed by atoms with Crippen LogP contribution in [0.25, 0.3) is 0 Å². The third-order valence-electron chi connectivity index (χ3n) is 3.14. The van der Waals surface area contributed by atoms with Gasteiger partial charge in [-0.1, -0.05) is 29.3 Å². The van der Waals surface area contributed by atoms with Crippen molar-refractivity contribution in [2.75, 3.05) is 4.72 Å². The van der Waals surface area contributed by atoms with Gasteiger partial charge in [0.25, 0.3) is 10.0 Å². The molecule has 23 heavy (non-hydrogen) atoms. The van der Waals surface area contributed by atoms with E-state index in [-0.39, 0.29) is 10.6 Å². The topological polar surface area (TPSA) is 46.2 Å². The van der Waals surface area contributed by atoms with Crippen LogP contribution >= 0.6 is 11.6 Å². The first-order chi connectivity index (χ1) is 10.5. The summed E-state index contributed by atoms with van der Waals surface area (Å²) < 4.78 is 65.4. The van der Waals surface area contributed by atoms with Crippen molar-refractivity contribution >= 4 is 27.3 Å². The quantitative estimate of drug-likeness (QED) is 0.853. The minimum absolute atomic E-state index is 0.00612. The molecule has 0 atom stereocenters. The molecule has 2 rings (SSSR count). The first-order valence-electron chi connectivity index (χ1n) is 6.47. The van der Waals surface area contributed by atoms with Crippen LogP contribution in [0.5, 0.6) is 0 Å². The van der Waals surface area contributed by atoms with E-state index in [1.807, 2.05) is 6.92 Å². The second kappa shape index (κ2) is 6.05. The Labute approximate surface area is 137 Å². The molecule has 0 unspecified atom stereocenters. The van der Waals surface area contributed by atoms with Crippen LogP contribution in [-0.4, -0.2) is 8.42 Å². The fraction of sp³-hybridized carbons (Fsp3) is 0.200. The molecule has 2 aromatic rings. The highest BCUT2D eigenvalue weighted by molar-refractivity contribution is 7.92. The fourth-order valence-corrected chi connectivity index (χ4v) is 3.62. The van der Waals surface area contributed by atoms with Gasteiger partial charge in [-0.2, -0.15) is 13.2 Å². The third-order valence-corrected chi connectivity index (χ3v) is 5.02. The minimum Gasteiger partial charge on any atom is -0.280 e. The van der Waals surface area contributed by atoms with Crippen LogP contribution in [0.2, 0.25) is 5.02 Å². The number of nitrogens with one attached hydrogen (secondary N) is 1. The van der Waals surface area contributed by atoms with Gasteiger partial charge in [-0.15, -0.1) is 0 Å². The molecule has 0 radical (unpaired) electrons. The zero-order chi connectivity index (χ0) is 17.4. The van der Waals surface area contributed by atoms with Crippen molar-refractivity contribution in [1.29, 1.82) is 0 Å². The zero-order valence-electron chi connectivity index (χ0n) is 12.2. The predicted molar refractivity (Wildman–Crippen MR) is 83.2 cm³/mol. The smallest absolute Gasteiger partial charge is 0.280 e. The Balaban J connectivity index is 2.42. The maximum atomic E-state index is 12.8. The summed E-state index contributed by atoms with van der Waals surface area (Å²) in [4.78, 5) is 0.00612. The summed E-state index contributed by atoms with van der Waals surface area (Å²) in [5, 5.41) is -0.494. The number of rotatable bonds is 3. The lowest BCUT2D eigenvalue weighted by Gasteiger charge is -2.14. The monoisotopic (exact) mass is 363 g/mol. The number of benzene rings is 2. The van der Waals surface area contributed by atoms with E-state index < -0.39 is 26.8 Å². The van der Waals surface area contributed by atoms with Crippen LogP contribution in [0.1, 0.15) is 16.7 Å². The van der Waals surface area contributed by atoms with Gasteiger partial charge < -0.3 is 0 Å². The van der Waals surface area contributed by atoms with E-state index in [4.69, 9.17) is 11.6 Å². The van der Waals surface area contributed by atoms with E-state index in [2.05, 4.69) is 4.72 Å². The van der Waals surface area contributed by atoms with Crippen LogP contribution < -0.4 is 4.72 Å². The molecule has 8 heteroatoms. The SMILES string of the molecule is Cc1ccc(S(=O)(=O)Nc2ccc(Cl)c(C(F)(F)F)c2)c(C)c1. The van der Waals surface area contributed by atoms with Crippen molar-refractivity contribution in [2.45, 2.75) is 24.9 Å². The second-order valence-corrected chi connectivity index (χ2v) is 7.12. The van der Waals surface area contributed by atoms with Crippen molar-refractivity contribution in [2.24, 2.45) is 0 Å². The van der Waals surface area contributed by atoms with Crippen LogP contribution in [0.4, 0.5) is 18.9 Å². The van der Waals surface area contributed by atoms with E-state index in [9.17, 15) is 21.6 Å². The molecular formula is C15H13ClF3NO2S. The Hall–Kier alpha value is -1.73. The summed E-state index contributed by atoms with van der Waals surface area (Å²) in [5.74, 6) is 0. The van der Waals surface area contributed by atoms with Gasteiger partial charge in [0.15, 0.2) is 0 Å². The average molecular weight is 364 g/mol. The van der Waals surface area contributed by atoms with Gasteiger partial charge in [0.05, 0.1) is 15.5 Å². The van der Waals surface area contributed by atoms with Crippen molar-refractivity contribution in [3.63, 3.8) is 0 Å². The molecule has 0 aliphatic heterocycles. The third kappa shape index (κ3) is 3.97. The highest BCUT2D eigenvalue weighted by Gasteiger charge is 2.33. The molecule has 0 saturated carbocycles. The van der Waals surface area contributed by atoms with Crippen LogP contribution in [0.3, 0.4) is 0 Å². The van der Waals surface area contributed by atoms with Gasteiger partial charge >= 0.3 is 6.18 Å². The molecule has 0 spiro atoms. The molecule has 0 aliphatic rings. The van der Waals surface area contributed by atoms with Gasteiger partial charge in [0.2, 0.25) is 0 Å². The normalized spacial score (nSPS) is 12.3. The highest BCUT2D eigenvalue weighted by atomic mass is 35.5. The highest BCUT2D eigenvalue weighted by Crippen LogP contribution is 2.36. The summed E-state index contributed by atoms with van der Waals surface area (Å²) >= 11 is 5.51. The Morgan fingerprint density at radius 3 is 2.26 bits per heavy atom. The number of hydrogen-bond acceptors (Lipinski definition) is 2. The molecule has 3 nitrogen and oxygen atoms in total. The van der Waals surface area contributed by atoms with Crippen molar-refractivity contribution in [3.8, 4) is 0 Å². The maximum Gasteiger partial charge on any atom is 0.417 e. The lowest BCUT2D eigenvalue weighted by atomic mass is 10.2. The summed E-state index contributed by atoms with van der Waals surface area (Å²) in [6, 6.07) is 7.56.